The third kappa shape index (κ3) is 3.63. The zero-order valence-corrected chi connectivity index (χ0v) is 20.2. The lowest BCUT2D eigenvalue weighted by Gasteiger charge is -2.31. The Morgan fingerprint density at radius 2 is 2.03 bits per heavy atom. The van der Waals surface area contributed by atoms with Crippen LogP contribution in [0, 0.1) is 10.1 Å². The van der Waals surface area contributed by atoms with Gasteiger partial charge >= 0.3 is 11.7 Å². The van der Waals surface area contributed by atoms with E-state index < -0.39 is 16.5 Å². The first-order chi connectivity index (χ1) is 17.3. The highest BCUT2D eigenvalue weighted by molar-refractivity contribution is 5.94. The van der Waals surface area contributed by atoms with E-state index in [0.29, 0.717) is 34.5 Å². The molecule has 0 saturated carbocycles. The molecule has 4 heterocycles. The van der Waals surface area contributed by atoms with E-state index in [9.17, 15) is 24.8 Å². The molecule has 1 N–H and O–H groups in total. The fraction of sp³-hybridized carbons (Fsp3) is 0.423. The molecule has 1 atom stereocenters. The summed E-state index contributed by atoms with van der Waals surface area (Å²) < 4.78 is 12.4. The van der Waals surface area contributed by atoms with Crippen LogP contribution in [0.5, 0.6) is 5.75 Å². The number of ether oxygens (including phenoxy) is 2. The van der Waals surface area contributed by atoms with Crippen LogP contribution in [0.2, 0.25) is 0 Å². The Kier molecular flexibility index (Phi) is 5.99. The van der Waals surface area contributed by atoms with E-state index in [-0.39, 0.29) is 47.7 Å². The Morgan fingerprint density at radius 3 is 2.75 bits per heavy atom. The number of rotatable bonds is 8. The molecule has 188 valence electrons. The van der Waals surface area contributed by atoms with Gasteiger partial charge in [-0.05, 0) is 37.1 Å². The molecule has 2 aliphatic rings. The van der Waals surface area contributed by atoms with E-state index in [1.807, 2.05) is 0 Å². The molecule has 0 aliphatic carbocycles. The number of fused-ring (bicyclic) bond motifs is 5. The molecule has 0 amide bonds. The second-order valence-electron chi connectivity index (χ2n) is 9.24. The number of esters is 1. The number of hydrogen-bond acceptors (Lipinski definition) is 8. The summed E-state index contributed by atoms with van der Waals surface area (Å²) in [4.78, 5) is 41.9. The maximum atomic E-state index is 13.3. The number of nitro benzene ring substituents is 1. The van der Waals surface area contributed by atoms with Gasteiger partial charge in [0, 0.05) is 11.1 Å². The normalized spacial score (nSPS) is 17.9. The van der Waals surface area contributed by atoms with Gasteiger partial charge in [-0.2, -0.15) is 0 Å². The lowest BCUT2D eigenvalue weighted by molar-refractivity contribution is -0.384. The number of aromatic nitrogens is 2. The standard InChI is InChI=1S/C26H27N3O7/c1-3-5-6-7-10-35-21-9-8-19-16(23(21)29(33)34)11-15-13-28-20(22(15)27-19)12-18-17(24(28)30)14-36-25(31)26(18,32)4-2/h8-9,11-12,32H,3-7,10,13-14H2,1-2H3. The first kappa shape index (κ1) is 23.9. The zero-order chi connectivity index (χ0) is 25.6. The summed E-state index contributed by atoms with van der Waals surface area (Å²) in [5.74, 6) is -0.595. The summed E-state index contributed by atoms with van der Waals surface area (Å²) in [6, 6.07) is 6.52. The minimum absolute atomic E-state index is 0.0488. The highest BCUT2D eigenvalue weighted by Gasteiger charge is 2.45. The van der Waals surface area contributed by atoms with Crippen LogP contribution in [0.15, 0.2) is 29.1 Å². The van der Waals surface area contributed by atoms with Gasteiger partial charge < -0.3 is 19.1 Å². The van der Waals surface area contributed by atoms with Gasteiger partial charge in [-0.15, -0.1) is 0 Å². The fourth-order valence-corrected chi connectivity index (χ4v) is 5.03. The van der Waals surface area contributed by atoms with Crippen LogP contribution in [0.4, 0.5) is 5.69 Å². The molecular weight excluding hydrogens is 466 g/mol. The molecule has 10 nitrogen and oxygen atoms in total. The summed E-state index contributed by atoms with van der Waals surface area (Å²) in [6.45, 7) is 4.09. The minimum atomic E-state index is -1.91. The highest BCUT2D eigenvalue weighted by atomic mass is 16.6. The number of nitro groups is 1. The Labute approximate surface area is 206 Å². The maximum absolute atomic E-state index is 13.3. The van der Waals surface area contributed by atoms with E-state index in [4.69, 9.17) is 9.47 Å². The van der Waals surface area contributed by atoms with Crippen molar-refractivity contribution in [1.29, 1.82) is 0 Å². The Bertz CT molecular complexity index is 1460. The molecule has 0 saturated heterocycles. The van der Waals surface area contributed by atoms with Crippen molar-refractivity contribution < 1.29 is 24.3 Å². The molecule has 10 heteroatoms. The van der Waals surface area contributed by atoms with E-state index in [2.05, 4.69) is 11.9 Å². The molecule has 3 aromatic rings. The van der Waals surface area contributed by atoms with Crippen molar-refractivity contribution in [2.45, 2.75) is 64.7 Å². The predicted molar refractivity (Wildman–Crippen MR) is 131 cm³/mol. The van der Waals surface area contributed by atoms with Crippen molar-refractivity contribution in [2.75, 3.05) is 6.61 Å². The monoisotopic (exact) mass is 493 g/mol. The van der Waals surface area contributed by atoms with Crippen molar-refractivity contribution in [3.05, 3.63) is 61.4 Å². The Morgan fingerprint density at radius 1 is 1.22 bits per heavy atom. The smallest absolute Gasteiger partial charge is 0.343 e. The van der Waals surface area contributed by atoms with Gasteiger partial charge in [-0.1, -0.05) is 33.1 Å². The van der Waals surface area contributed by atoms with E-state index in [1.54, 1.807) is 31.2 Å². The van der Waals surface area contributed by atoms with Crippen LogP contribution in [-0.4, -0.2) is 32.2 Å². The summed E-state index contributed by atoms with van der Waals surface area (Å²) >= 11 is 0. The molecule has 2 aliphatic heterocycles. The SMILES string of the molecule is CCCCCCOc1ccc2nc3c(cc2c1[N+](=O)[O-])Cn1c-3cc2c(c1=O)COC(=O)C2(O)CC. The molecule has 0 fully saturated rings. The van der Waals surface area contributed by atoms with Crippen LogP contribution in [-0.2, 0) is 28.3 Å². The molecule has 1 aromatic carbocycles. The summed E-state index contributed by atoms with van der Waals surface area (Å²) in [7, 11) is 0. The first-order valence-corrected chi connectivity index (χ1v) is 12.2. The molecule has 0 radical (unpaired) electrons. The highest BCUT2D eigenvalue weighted by Crippen LogP contribution is 2.41. The quantitative estimate of drug-likeness (QED) is 0.169. The second kappa shape index (κ2) is 9.02. The van der Waals surface area contributed by atoms with E-state index >= 15 is 0 Å². The third-order valence-electron chi connectivity index (χ3n) is 7.06. The average molecular weight is 494 g/mol. The molecule has 1 unspecified atom stereocenters. The molecule has 0 spiro atoms. The zero-order valence-electron chi connectivity index (χ0n) is 20.2. The maximum Gasteiger partial charge on any atom is 0.343 e. The van der Waals surface area contributed by atoms with Crippen LogP contribution < -0.4 is 10.3 Å². The molecular formula is C26H27N3O7. The van der Waals surface area contributed by atoms with Gasteiger partial charge in [-0.25, -0.2) is 9.78 Å². The minimum Gasteiger partial charge on any atom is -0.487 e. The van der Waals surface area contributed by atoms with Gasteiger partial charge in [0.25, 0.3) is 5.56 Å². The lowest BCUT2D eigenvalue weighted by Crippen LogP contribution is -2.44. The molecule has 2 aromatic heterocycles. The first-order valence-electron chi connectivity index (χ1n) is 12.2. The Hall–Kier alpha value is -3.79. The van der Waals surface area contributed by atoms with Crippen LogP contribution in [0.3, 0.4) is 0 Å². The Balaban J connectivity index is 1.60. The van der Waals surface area contributed by atoms with Gasteiger partial charge in [0.1, 0.15) is 6.61 Å². The molecule has 0 bridgehead atoms. The lowest BCUT2D eigenvalue weighted by atomic mass is 9.86. The van der Waals surface area contributed by atoms with Gasteiger partial charge in [0.2, 0.25) is 0 Å². The van der Waals surface area contributed by atoms with Crippen molar-refractivity contribution in [1.82, 2.24) is 9.55 Å². The van der Waals surface area contributed by atoms with Crippen molar-refractivity contribution >= 4 is 22.6 Å². The van der Waals surface area contributed by atoms with E-state index in [1.165, 1.54) is 4.57 Å². The number of benzene rings is 1. The number of pyridine rings is 2. The number of cyclic esters (lactones) is 1. The topological polar surface area (TPSA) is 134 Å². The second-order valence-corrected chi connectivity index (χ2v) is 9.24. The third-order valence-corrected chi connectivity index (χ3v) is 7.06. The van der Waals surface area contributed by atoms with Crippen molar-refractivity contribution in [3.63, 3.8) is 0 Å². The largest absolute Gasteiger partial charge is 0.487 e. The van der Waals surface area contributed by atoms with Crippen LogP contribution >= 0.6 is 0 Å². The van der Waals surface area contributed by atoms with E-state index in [0.717, 1.165) is 25.7 Å². The van der Waals surface area contributed by atoms with Gasteiger partial charge in [0.05, 0.1) is 45.9 Å². The fourth-order valence-electron chi connectivity index (χ4n) is 5.03. The summed E-state index contributed by atoms with van der Waals surface area (Å²) in [5, 5.41) is 23.3. The average Bonchev–Trinajstić information content (AvgIpc) is 3.22. The van der Waals surface area contributed by atoms with Crippen molar-refractivity contribution in [2.24, 2.45) is 0 Å². The number of aliphatic hydroxyl groups is 1. The number of nitrogens with zero attached hydrogens (tertiary/aromatic N) is 3. The molecule has 36 heavy (non-hydrogen) atoms. The predicted octanol–water partition coefficient (Wildman–Crippen LogP) is 3.95. The van der Waals surface area contributed by atoms with Gasteiger partial charge in [0.15, 0.2) is 11.4 Å². The van der Waals surface area contributed by atoms with Crippen LogP contribution in [0.25, 0.3) is 22.3 Å². The van der Waals surface area contributed by atoms with Gasteiger partial charge in [-0.3, -0.25) is 14.9 Å². The van der Waals surface area contributed by atoms with Crippen LogP contribution in [0.1, 0.15) is 62.6 Å². The van der Waals surface area contributed by atoms with Crippen molar-refractivity contribution in [3.8, 4) is 17.1 Å². The summed E-state index contributed by atoms with van der Waals surface area (Å²) in [6.07, 6.45) is 4.02. The number of carbonyl (C=O) groups excluding carboxylic acids is 1. The number of hydrogen-bond donors (Lipinski definition) is 1. The number of carbonyl (C=O) groups is 1. The number of unbranched alkanes of at least 4 members (excludes halogenated alkanes) is 3. The molecule has 5 rings (SSSR count). The summed E-state index contributed by atoms with van der Waals surface area (Å²) in [5.41, 5.74) is -0.0209.